The second-order valence-corrected chi connectivity index (χ2v) is 6.12. The van der Waals surface area contributed by atoms with E-state index in [1.54, 1.807) is 29.5 Å². The molecule has 0 aliphatic carbocycles. The number of ether oxygens (including phenoxy) is 1. The van der Waals surface area contributed by atoms with Crippen LogP contribution in [0.15, 0.2) is 47.8 Å². The number of alkyl halides is 2. The maximum Gasteiger partial charge on any atom is 0.387 e. The van der Waals surface area contributed by atoms with Gasteiger partial charge < -0.3 is 10.1 Å². The van der Waals surface area contributed by atoms with Gasteiger partial charge in [-0.05, 0) is 41.6 Å². The number of halogens is 2. The van der Waals surface area contributed by atoms with Gasteiger partial charge in [-0.3, -0.25) is 9.89 Å². The molecule has 8 heteroatoms. The molecule has 0 aliphatic heterocycles. The summed E-state index contributed by atoms with van der Waals surface area (Å²) >= 11 is 1.56. The maximum atomic E-state index is 12.1. The van der Waals surface area contributed by atoms with Gasteiger partial charge in [-0.25, -0.2) is 0 Å². The number of thiophene rings is 1. The smallest absolute Gasteiger partial charge is 0.387 e. The van der Waals surface area contributed by atoms with E-state index < -0.39 is 6.61 Å². The molecule has 1 amide bonds. The molecule has 1 aromatic carbocycles. The van der Waals surface area contributed by atoms with Crippen molar-refractivity contribution < 1.29 is 18.3 Å². The molecule has 2 heterocycles. The van der Waals surface area contributed by atoms with E-state index in [0.29, 0.717) is 18.7 Å². The molecule has 3 aromatic rings. The van der Waals surface area contributed by atoms with E-state index in [1.165, 1.54) is 12.1 Å². The van der Waals surface area contributed by atoms with Crippen LogP contribution < -0.4 is 10.1 Å². The molecule has 0 spiro atoms. The number of hydrogen-bond donors (Lipinski definition) is 2. The first-order valence-corrected chi connectivity index (χ1v) is 8.41. The molecule has 0 bridgehead atoms. The van der Waals surface area contributed by atoms with Crippen LogP contribution in [0.3, 0.4) is 0 Å². The van der Waals surface area contributed by atoms with Crippen molar-refractivity contribution in [3.05, 3.63) is 59.1 Å². The Balaban J connectivity index is 1.49. The maximum absolute atomic E-state index is 12.1. The predicted molar refractivity (Wildman–Crippen MR) is 91.0 cm³/mol. The summed E-state index contributed by atoms with van der Waals surface area (Å²) in [5, 5.41) is 11.6. The first-order chi connectivity index (χ1) is 12.1. The van der Waals surface area contributed by atoms with Crippen LogP contribution in [0, 0.1) is 0 Å². The first kappa shape index (κ1) is 17.1. The molecule has 0 saturated heterocycles. The van der Waals surface area contributed by atoms with Crippen molar-refractivity contribution in [3.8, 4) is 16.3 Å². The zero-order chi connectivity index (χ0) is 17.6. The van der Waals surface area contributed by atoms with Crippen LogP contribution in [0.25, 0.3) is 10.6 Å². The third kappa shape index (κ3) is 4.63. The van der Waals surface area contributed by atoms with E-state index >= 15 is 0 Å². The average Bonchev–Trinajstić information content (AvgIpc) is 3.27. The van der Waals surface area contributed by atoms with Crippen molar-refractivity contribution in [2.45, 2.75) is 13.0 Å². The van der Waals surface area contributed by atoms with Gasteiger partial charge in [0.25, 0.3) is 5.91 Å². The molecule has 0 aliphatic rings. The zero-order valence-corrected chi connectivity index (χ0v) is 13.9. The number of H-pyrrole nitrogens is 1. The summed E-state index contributed by atoms with van der Waals surface area (Å²) in [5.41, 5.74) is 2.03. The van der Waals surface area contributed by atoms with Crippen LogP contribution in [0.1, 0.15) is 16.1 Å². The molecule has 25 heavy (non-hydrogen) atoms. The summed E-state index contributed by atoms with van der Waals surface area (Å²) < 4.78 is 28.5. The Kier molecular flexibility index (Phi) is 5.39. The number of aromatic amines is 1. The quantitative estimate of drug-likeness (QED) is 0.672. The molecule has 0 atom stereocenters. The Morgan fingerprint density at radius 2 is 2.08 bits per heavy atom. The van der Waals surface area contributed by atoms with Crippen LogP contribution in [-0.2, 0) is 6.42 Å². The van der Waals surface area contributed by atoms with Gasteiger partial charge in [-0.1, -0.05) is 18.2 Å². The number of aromatic nitrogens is 2. The van der Waals surface area contributed by atoms with Crippen molar-refractivity contribution in [1.29, 1.82) is 0 Å². The highest BCUT2D eigenvalue weighted by atomic mass is 32.1. The van der Waals surface area contributed by atoms with Crippen LogP contribution in [0.4, 0.5) is 8.78 Å². The number of hydrogen-bond acceptors (Lipinski definition) is 4. The van der Waals surface area contributed by atoms with Crippen molar-refractivity contribution in [2.24, 2.45) is 0 Å². The standard InChI is InChI=1S/C17H15F2N3O2S/c18-17(19)24-12-5-3-11(4-6-12)7-8-20-16(23)14-10-13(21-22-14)15-2-1-9-25-15/h1-6,9-10,17H,7-8H2,(H,20,23)(H,21,22). The van der Waals surface area contributed by atoms with E-state index in [-0.39, 0.29) is 11.7 Å². The van der Waals surface area contributed by atoms with Crippen LogP contribution in [-0.4, -0.2) is 29.3 Å². The first-order valence-electron chi connectivity index (χ1n) is 7.53. The summed E-state index contributed by atoms with van der Waals surface area (Å²) in [6.45, 7) is -2.42. The summed E-state index contributed by atoms with van der Waals surface area (Å²) in [6.07, 6.45) is 0.572. The number of benzene rings is 1. The lowest BCUT2D eigenvalue weighted by atomic mass is 10.1. The largest absolute Gasteiger partial charge is 0.435 e. The third-order valence-corrected chi connectivity index (χ3v) is 4.35. The van der Waals surface area contributed by atoms with E-state index in [4.69, 9.17) is 0 Å². The fourth-order valence-electron chi connectivity index (χ4n) is 2.24. The number of nitrogens with zero attached hydrogens (tertiary/aromatic N) is 1. The van der Waals surface area contributed by atoms with Crippen molar-refractivity contribution in [2.75, 3.05) is 6.54 Å². The van der Waals surface area contributed by atoms with Crippen LogP contribution in [0.5, 0.6) is 5.75 Å². The highest BCUT2D eigenvalue weighted by molar-refractivity contribution is 7.13. The molecular weight excluding hydrogens is 348 g/mol. The van der Waals surface area contributed by atoms with Gasteiger partial charge in [-0.2, -0.15) is 13.9 Å². The fraction of sp³-hybridized carbons (Fsp3) is 0.176. The second kappa shape index (κ2) is 7.89. The minimum absolute atomic E-state index is 0.111. The van der Waals surface area contributed by atoms with Crippen molar-refractivity contribution in [3.63, 3.8) is 0 Å². The molecule has 130 valence electrons. The normalized spacial score (nSPS) is 10.8. The lowest BCUT2D eigenvalue weighted by molar-refractivity contribution is -0.0498. The lowest BCUT2D eigenvalue weighted by Crippen LogP contribution is -2.26. The Morgan fingerprint density at radius 3 is 2.76 bits per heavy atom. The molecular formula is C17H15F2N3O2S. The third-order valence-electron chi connectivity index (χ3n) is 3.44. The van der Waals surface area contributed by atoms with Gasteiger partial charge in [0.1, 0.15) is 5.75 Å². The molecule has 2 N–H and O–H groups in total. The Morgan fingerprint density at radius 1 is 1.28 bits per heavy atom. The van der Waals surface area contributed by atoms with Gasteiger partial charge in [0.15, 0.2) is 5.69 Å². The summed E-state index contributed by atoms with van der Waals surface area (Å²) in [5.74, 6) is -0.155. The molecule has 0 radical (unpaired) electrons. The van der Waals surface area contributed by atoms with Crippen LogP contribution in [0.2, 0.25) is 0 Å². The predicted octanol–water partition coefficient (Wildman–Crippen LogP) is 3.71. The summed E-state index contributed by atoms with van der Waals surface area (Å²) in [7, 11) is 0. The van der Waals surface area contributed by atoms with E-state index in [1.807, 2.05) is 17.5 Å². The minimum atomic E-state index is -2.84. The summed E-state index contributed by atoms with van der Waals surface area (Å²) in [6, 6.07) is 11.9. The summed E-state index contributed by atoms with van der Waals surface area (Å²) in [4.78, 5) is 13.1. The molecule has 3 rings (SSSR count). The van der Waals surface area contributed by atoms with Crippen molar-refractivity contribution >= 4 is 17.2 Å². The van der Waals surface area contributed by atoms with Crippen molar-refractivity contribution in [1.82, 2.24) is 15.5 Å². The van der Waals surface area contributed by atoms with Gasteiger partial charge in [-0.15, -0.1) is 11.3 Å². The number of rotatable bonds is 7. The lowest BCUT2D eigenvalue weighted by Gasteiger charge is -2.06. The molecule has 5 nitrogen and oxygen atoms in total. The number of nitrogens with one attached hydrogen (secondary N) is 2. The topological polar surface area (TPSA) is 67.0 Å². The monoisotopic (exact) mass is 363 g/mol. The molecule has 2 aromatic heterocycles. The van der Waals surface area contributed by atoms with E-state index in [9.17, 15) is 13.6 Å². The highest BCUT2D eigenvalue weighted by Crippen LogP contribution is 2.22. The minimum Gasteiger partial charge on any atom is -0.435 e. The van der Waals surface area contributed by atoms with Gasteiger partial charge in [0.05, 0.1) is 10.6 Å². The SMILES string of the molecule is O=C(NCCc1ccc(OC(F)F)cc1)c1cc(-c2cccs2)[nH]n1. The van der Waals surface area contributed by atoms with E-state index in [0.717, 1.165) is 16.1 Å². The Bertz CT molecular complexity index is 817. The van der Waals surface area contributed by atoms with Gasteiger partial charge >= 0.3 is 6.61 Å². The zero-order valence-electron chi connectivity index (χ0n) is 13.0. The molecule has 0 fully saturated rings. The molecule has 0 unspecified atom stereocenters. The Labute approximate surface area is 146 Å². The average molecular weight is 363 g/mol. The number of carbonyl (C=O) groups excluding carboxylic acids is 1. The Hall–Kier alpha value is -2.74. The molecule has 0 saturated carbocycles. The fourth-order valence-corrected chi connectivity index (χ4v) is 2.94. The van der Waals surface area contributed by atoms with Gasteiger partial charge in [0, 0.05) is 6.54 Å². The number of amides is 1. The van der Waals surface area contributed by atoms with E-state index in [2.05, 4.69) is 20.3 Å². The number of carbonyl (C=O) groups is 1. The van der Waals surface area contributed by atoms with Gasteiger partial charge in [0.2, 0.25) is 0 Å². The second-order valence-electron chi connectivity index (χ2n) is 5.17. The van der Waals surface area contributed by atoms with Crippen LogP contribution >= 0.6 is 11.3 Å². The highest BCUT2D eigenvalue weighted by Gasteiger charge is 2.11.